The van der Waals surface area contributed by atoms with Gasteiger partial charge in [0, 0.05) is 24.0 Å². The maximum Gasteiger partial charge on any atom is 0.336 e. The Morgan fingerprint density at radius 3 is 2.96 bits per heavy atom. The second kappa shape index (κ2) is 5.23. The van der Waals surface area contributed by atoms with Gasteiger partial charge in [0.1, 0.15) is 0 Å². The molecule has 1 aliphatic carbocycles. The van der Waals surface area contributed by atoms with Crippen LogP contribution in [0.15, 0.2) is 48.8 Å². The largest absolute Gasteiger partial charge is 0.478 e. The SMILES string of the molecule is Cc1c(C(=O)O)ccc2c1N[C@H](c1cccnc1)[C@H]1CC=C[C@@H]21. The molecule has 4 rings (SSSR count). The fraction of sp³-hybridized carbons (Fsp3) is 0.263. The van der Waals surface area contributed by atoms with Crippen molar-refractivity contribution in [3.05, 3.63) is 71.1 Å². The van der Waals surface area contributed by atoms with Crippen molar-refractivity contribution in [3.63, 3.8) is 0 Å². The van der Waals surface area contributed by atoms with Gasteiger partial charge in [-0.3, -0.25) is 4.98 Å². The Morgan fingerprint density at radius 1 is 1.35 bits per heavy atom. The van der Waals surface area contributed by atoms with Gasteiger partial charge >= 0.3 is 5.97 Å². The van der Waals surface area contributed by atoms with E-state index in [-0.39, 0.29) is 6.04 Å². The van der Waals surface area contributed by atoms with Gasteiger partial charge in [0.15, 0.2) is 0 Å². The fourth-order valence-electron chi connectivity index (χ4n) is 3.94. The Balaban J connectivity index is 1.85. The summed E-state index contributed by atoms with van der Waals surface area (Å²) in [5.74, 6) is -0.103. The number of pyridine rings is 1. The van der Waals surface area contributed by atoms with Crippen molar-refractivity contribution in [1.82, 2.24) is 4.98 Å². The molecule has 0 unspecified atom stereocenters. The number of benzene rings is 1. The predicted octanol–water partition coefficient (Wildman–Crippen LogP) is 3.91. The van der Waals surface area contributed by atoms with Crippen molar-refractivity contribution >= 4 is 11.7 Å². The lowest BCUT2D eigenvalue weighted by atomic mass is 9.76. The van der Waals surface area contributed by atoms with Gasteiger partial charge in [-0.25, -0.2) is 4.79 Å². The van der Waals surface area contributed by atoms with Crippen LogP contribution in [0.5, 0.6) is 0 Å². The molecule has 23 heavy (non-hydrogen) atoms. The van der Waals surface area contributed by atoms with E-state index in [1.165, 1.54) is 5.56 Å². The molecule has 0 fully saturated rings. The lowest BCUT2D eigenvalue weighted by Gasteiger charge is -2.38. The van der Waals surface area contributed by atoms with Crippen molar-refractivity contribution in [2.45, 2.75) is 25.3 Å². The molecular weight excluding hydrogens is 288 g/mol. The third kappa shape index (κ3) is 2.13. The summed E-state index contributed by atoms with van der Waals surface area (Å²) in [6.45, 7) is 1.88. The van der Waals surface area contributed by atoms with Crippen LogP contribution in [0.2, 0.25) is 0 Å². The number of nitrogens with zero attached hydrogens (tertiary/aromatic N) is 1. The highest BCUT2D eigenvalue weighted by Gasteiger charge is 2.38. The van der Waals surface area contributed by atoms with Crippen LogP contribution in [0, 0.1) is 12.8 Å². The second-order valence-electron chi connectivity index (χ2n) is 6.27. The highest BCUT2D eigenvalue weighted by Crippen LogP contribution is 2.50. The molecule has 4 heteroatoms. The van der Waals surface area contributed by atoms with E-state index < -0.39 is 5.97 Å². The number of rotatable bonds is 2. The van der Waals surface area contributed by atoms with Crippen LogP contribution in [0.3, 0.4) is 0 Å². The molecule has 0 saturated carbocycles. The highest BCUT2D eigenvalue weighted by atomic mass is 16.4. The normalized spacial score (nSPS) is 24.7. The highest BCUT2D eigenvalue weighted by molar-refractivity contribution is 5.92. The summed E-state index contributed by atoms with van der Waals surface area (Å²) in [6.07, 6.45) is 9.19. The van der Waals surface area contributed by atoms with Crippen molar-refractivity contribution in [2.75, 3.05) is 5.32 Å². The zero-order valence-corrected chi connectivity index (χ0v) is 12.9. The minimum absolute atomic E-state index is 0.152. The summed E-state index contributed by atoms with van der Waals surface area (Å²) in [5, 5.41) is 13.0. The van der Waals surface area contributed by atoms with Crippen molar-refractivity contribution in [3.8, 4) is 0 Å². The number of fused-ring (bicyclic) bond motifs is 3. The molecule has 2 aliphatic rings. The summed E-state index contributed by atoms with van der Waals surface area (Å²) in [6, 6.07) is 7.88. The first-order valence-electron chi connectivity index (χ1n) is 7.86. The number of carbonyl (C=O) groups is 1. The first-order valence-corrected chi connectivity index (χ1v) is 7.86. The Morgan fingerprint density at radius 2 is 2.22 bits per heavy atom. The number of allylic oxidation sites excluding steroid dienone is 2. The average Bonchev–Trinajstić information content (AvgIpc) is 3.05. The molecule has 2 aromatic rings. The molecule has 3 atom stereocenters. The van der Waals surface area contributed by atoms with Crippen LogP contribution < -0.4 is 5.32 Å². The van der Waals surface area contributed by atoms with E-state index in [0.29, 0.717) is 17.4 Å². The van der Waals surface area contributed by atoms with E-state index in [1.807, 2.05) is 25.3 Å². The van der Waals surface area contributed by atoms with Gasteiger partial charge in [-0.1, -0.05) is 24.3 Å². The van der Waals surface area contributed by atoms with E-state index in [0.717, 1.165) is 23.2 Å². The van der Waals surface area contributed by atoms with Gasteiger partial charge in [-0.2, -0.15) is 0 Å². The number of aromatic nitrogens is 1. The summed E-state index contributed by atoms with van der Waals surface area (Å²) in [5.41, 5.74) is 4.49. The van der Waals surface area contributed by atoms with E-state index in [4.69, 9.17) is 0 Å². The van der Waals surface area contributed by atoms with Crippen molar-refractivity contribution in [1.29, 1.82) is 0 Å². The molecule has 1 aliphatic heterocycles. The van der Waals surface area contributed by atoms with Crippen LogP contribution in [-0.2, 0) is 0 Å². The van der Waals surface area contributed by atoms with E-state index in [1.54, 1.807) is 12.3 Å². The molecule has 1 aromatic carbocycles. The molecule has 0 radical (unpaired) electrons. The van der Waals surface area contributed by atoms with E-state index >= 15 is 0 Å². The number of nitrogens with one attached hydrogen (secondary N) is 1. The minimum Gasteiger partial charge on any atom is -0.478 e. The number of aromatic carboxylic acids is 1. The molecule has 4 nitrogen and oxygen atoms in total. The maximum absolute atomic E-state index is 11.4. The summed E-state index contributed by atoms with van der Waals surface area (Å²) >= 11 is 0. The topological polar surface area (TPSA) is 62.2 Å². The monoisotopic (exact) mass is 306 g/mol. The van der Waals surface area contributed by atoms with Gasteiger partial charge in [-0.15, -0.1) is 0 Å². The molecule has 0 amide bonds. The molecule has 0 saturated heterocycles. The minimum atomic E-state index is -0.880. The predicted molar refractivity (Wildman–Crippen MR) is 88.7 cm³/mol. The lowest BCUT2D eigenvalue weighted by Crippen LogP contribution is -2.30. The number of hydrogen-bond donors (Lipinski definition) is 2. The number of carboxylic acid groups (broad SMARTS) is 1. The Kier molecular flexibility index (Phi) is 3.18. The maximum atomic E-state index is 11.4. The van der Waals surface area contributed by atoms with Gasteiger partial charge in [0.25, 0.3) is 0 Å². The first kappa shape index (κ1) is 14.0. The lowest BCUT2D eigenvalue weighted by molar-refractivity contribution is 0.0696. The van der Waals surface area contributed by atoms with Crippen LogP contribution in [0.4, 0.5) is 5.69 Å². The average molecular weight is 306 g/mol. The van der Waals surface area contributed by atoms with E-state index in [2.05, 4.69) is 28.5 Å². The molecule has 116 valence electrons. The second-order valence-corrected chi connectivity index (χ2v) is 6.27. The van der Waals surface area contributed by atoms with Crippen LogP contribution in [0.1, 0.15) is 45.4 Å². The standard InChI is InChI=1S/C19H18N2O2/c1-11-13(19(22)23)7-8-16-14-5-2-6-15(14)18(21-17(11)16)12-4-3-9-20-10-12/h2-5,7-10,14-15,18,21H,6H2,1H3,(H,22,23)/t14-,15+,18-/m1/s1. The number of anilines is 1. The molecule has 0 bridgehead atoms. The quantitative estimate of drug-likeness (QED) is 0.826. The summed E-state index contributed by atoms with van der Waals surface area (Å²) in [7, 11) is 0. The molecule has 0 spiro atoms. The fourth-order valence-corrected chi connectivity index (χ4v) is 3.94. The van der Waals surface area contributed by atoms with Gasteiger partial charge in [0.2, 0.25) is 0 Å². The third-order valence-corrected chi connectivity index (χ3v) is 5.07. The Hall–Kier alpha value is -2.62. The first-order chi connectivity index (χ1) is 11.2. The van der Waals surface area contributed by atoms with Gasteiger partial charge < -0.3 is 10.4 Å². The molecular formula is C19H18N2O2. The van der Waals surface area contributed by atoms with Gasteiger partial charge in [0.05, 0.1) is 11.6 Å². The van der Waals surface area contributed by atoms with Crippen LogP contribution >= 0.6 is 0 Å². The van der Waals surface area contributed by atoms with Gasteiger partial charge in [-0.05, 0) is 48.1 Å². The van der Waals surface area contributed by atoms with Crippen molar-refractivity contribution in [2.24, 2.45) is 5.92 Å². The van der Waals surface area contributed by atoms with Crippen LogP contribution in [0.25, 0.3) is 0 Å². The molecule has 2 N–H and O–H groups in total. The Labute approximate surface area is 134 Å². The van der Waals surface area contributed by atoms with Crippen molar-refractivity contribution < 1.29 is 9.90 Å². The summed E-state index contributed by atoms with van der Waals surface area (Å²) in [4.78, 5) is 15.7. The summed E-state index contributed by atoms with van der Waals surface area (Å²) < 4.78 is 0. The number of carboxylic acids is 1. The zero-order valence-electron chi connectivity index (χ0n) is 12.9. The molecule has 1 aromatic heterocycles. The third-order valence-electron chi connectivity index (χ3n) is 5.07. The Bertz CT molecular complexity index is 799. The zero-order chi connectivity index (χ0) is 16.0. The smallest absolute Gasteiger partial charge is 0.336 e. The van der Waals surface area contributed by atoms with Crippen LogP contribution in [-0.4, -0.2) is 16.1 Å². The molecule has 2 heterocycles. The number of hydrogen-bond acceptors (Lipinski definition) is 3. The van der Waals surface area contributed by atoms with E-state index in [9.17, 15) is 9.90 Å².